The number of benzene rings is 3. The van der Waals surface area contributed by atoms with Crippen LogP contribution < -0.4 is 24.4 Å². The molecule has 244 valence electrons. The maximum atomic E-state index is 6.60. The Hall–Kier alpha value is -3.34. The van der Waals surface area contributed by atoms with E-state index in [-0.39, 0.29) is 18.1 Å². The summed E-state index contributed by atoms with van der Waals surface area (Å²) in [6, 6.07) is 22.6. The van der Waals surface area contributed by atoms with Crippen molar-refractivity contribution in [2.24, 2.45) is 0 Å². The van der Waals surface area contributed by atoms with Gasteiger partial charge in [0.15, 0.2) is 0 Å². The Balaban J connectivity index is 1.13. The Morgan fingerprint density at radius 3 is 2.53 bits per heavy atom. The van der Waals surface area contributed by atoms with E-state index in [4.69, 9.17) is 33.2 Å². The Kier molecular flexibility index (Phi) is 12.8. The fraction of sp³-hybridized carbons (Fsp3) is 0.500. The molecule has 45 heavy (non-hydrogen) atoms. The lowest BCUT2D eigenvalue weighted by Gasteiger charge is -2.38. The summed E-state index contributed by atoms with van der Waals surface area (Å²) in [7, 11) is 5.20. The van der Waals surface area contributed by atoms with Crippen LogP contribution >= 0.6 is 0 Å². The van der Waals surface area contributed by atoms with E-state index in [0.29, 0.717) is 33.0 Å². The number of nitrogens with zero attached hydrogens (tertiary/aromatic N) is 1. The fourth-order valence-electron chi connectivity index (χ4n) is 6.07. The second-order valence-electron chi connectivity index (χ2n) is 11.4. The standard InChI is InChI=1S/C36H48N2O7/c1-39-18-6-16-38-17-21-44-33-15-10-27(22-31(33)38)25-45-35-24-37-23-34(41-3)36(35)28-11-13-30(14-12-28)43-20-7-19-42-26-29-8-4-5-9-32(29)40-2/h4-5,8-15,22,34-37H,6-7,16-21,23-26H2,1-3H3/t34-,35?,36+/m1/s1. The average Bonchev–Trinajstić information content (AvgIpc) is 3.09. The molecule has 2 heterocycles. The predicted molar refractivity (Wildman–Crippen MR) is 175 cm³/mol. The zero-order valence-electron chi connectivity index (χ0n) is 26.9. The molecule has 0 aromatic heterocycles. The summed E-state index contributed by atoms with van der Waals surface area (Å²) < 4.78 is 41.0. The molecule has 3 aromatic rings. The molecule has 0 spiro atoms. The number of para-hydroxylation sites is 1. The maximum Gasteiger partial charge on any atom is 0.142 e. The first-order valence-electron chi connectivity index (χ1n) is 16.0. The van der Waals surface area contributed by atoms with Crippen LogP contribution in [0.15, 0.2) is 66.7 Å². The molecule has 0 radical (unpaired) electrons. The molecule has 2 aliphatic rings. The zero-order chi connectivity index (χ0) is 31.3. The molecule has 2 aliphatic heterocycles. The van der Waals surface area contributed by atoms with Gasteiger partial charge >= 0.3 is 0 Å². The molecule has 1 fully saturated rings. The number of fused-ring (bicyclic) bond motifs is 1. The van der Waals surface area contributed by atoms with Crippen molar-refractivity contribution < 1.29 is 33.2 Å². The summed E-state index contributed by atoms with van der Waals surface area (Å²) in [5.74, 6) is 2.72. The molecular formula is C36H48N2O7. The average molecular weight is 621 g/mol. The van der Waals surface area contributed by atoms with Gasteiger partial charge in [-0.3, -0.25) is 0 Å². The van der Waals surface area contributed by atoms with Crippen molar-refractivity contribution in [2.75, 3.05) is 78.8 Å². The van der Waals surface area contributed by atoms with E-state index in [2.05, 4.69) is 40.5 Å². The Bertz CT molecular complexity index is 1300. The van der Waals surface area contributed by atoms with E-state index in [0.717, 1.165) is 79.7 Å². The minimum Gasteiger partial charge on any atom is -0.496 e. The highest BCUT2D eigenvalue weighted by Crippen LogP contribution is 2.35. The third-order valence-electron chi connectivity index (χ3n) is 8.44. The topological polar surface area (TPSA) is 79.9 Å². The van der Waals surface area contributed by atoms with Gasteiger partial charge in [0.1, 0.15) is 23.9 Å². The molecule has 0 aliphatic carbocycles. The highest BCUT2D eigenvalue weighted by atomic mass is 16.5. The Morgan fingerprint density at radius 2 is 1.71 bits per heavy atom. The molecule has 3 atom stereocenters. The van der Waals surface area contributed by atoms with Crippen LogP contribution in [0.1, 0.15) is 35.4 Å². The molecule has 0 bridgehead atoms. The van der Waals surface area contributed by atoms with Crippen LogP contribution in [0.5, 0.6) is 17.2 Å². The predicted octanol–water partition coefficient (Wildman–Crippen LogP) is 5.20. The molecule has 5 rings (SSSR count). The summed E-state index contributed by atoms with van der Waals surface area (Å²) in [5.41, 5.74) is 4.49. The molecule has 9 heteroatoms. The molecule has 1 saturated heterocycles. The monoisotopic (exact) mass is 620 g/mol. The van der Waals surface area contributed by atoms with Gasteiger partial charge in [-0.05, 0) is 47.9 Å². The largest absolute Gasteiger partial charge is 0.496 e. The summed E-state index contributed by atoms with van der Waals surface area (Å²) in [4.78, 5) is 2.38. The third kappa shape index (κ3) is 9.11. The van der Waals surface area contributed by atoms with Crippen molar-refractivity contribution in [3.8, 4) is 17.2 Å². The van der Waals surface area contributed by atoms with E-state index in [1.807, 2.05) is 36.4 Å². The third-order valence-corrected chi connectivity index (χ3v) is 8.44. The first-order valence-corrected chi connectivity index (χ1v) is 16.0. The van der Waals surface area contributed by atoms with Gasteiger partial charge < -0.3 is 43.4 Å². The van der Waals surface area contributed by atoms with Crippen molar-refractivity contribution in [1.82, 2.24) is 5.32 Å². The van der Waals surface area contributed by atoms with Gasteiger partial charge in [0.2, 0.25) is 0 Å². The van der Waals surface area contributed by atoms with Gasteiger partial charge in [-0.2, -0.15) is 0 Å². The molecule has 1 N–H and O–H groups in total. The van der Waals surface area contributed by atoms with Crippen molar-refractivity contribution in [3.63, 3.8) is 0 Å². The number of methoxy groups -OCH3 is 3. The van der Waals surface area contributed by atoms with Gasteiger partial charge in [0, 0.05) is 58.4 Å². The summed E-state index contributed by atoms with van der Waals surface area (Å²) >= 11 is 0. The van der Waals surface area contributed by atoms with Crippen molar-refractivity contribution in [3.05, 3.63) is 83.4 Å². The number of rotatable bonds is 17. The molecule has 0 amide bonds. The number of hydrogen-bond acceptors (Lipinski definition) is 9. The molecule has 9 nitrogen and oxygen atoms in total. The van der Waals surface area contributed by atoms with Crippen LogP contribution in [0.2, 0.25) is 0 Å². The highest BCUT2D eigenvalue weighted by Gasteiger charge is 2.35. The minimum atomic E-state index is -0.0408. The second-order valence-corrected chi connectivity index (χ2v) is 11.4. The lowest BCUT2D eigenvalue weighted by atomic mass is 9.85. The first kappa shape index (κ1) is 33.0. The zero-order valence-corrected chi connectivity index (χ0v) is 26.9. The van der Waals surface area contributed by atoms with E-state index in [1.54, 1.807) is 21.3 Å². The van der Waals surface area contributed by atoms with E-state index >= 15 is 0 Å². The SMILES string of the molecule is COCCCN1CCOc2ccc(COC3CNC[C@@H](OC)[C@@H]3c3ccc(OCCCOCc4ccccc4OC)cc3)cc21. The Morgan fingerprint density at radius 1 is 0.867 bits per heavy atom. The summed E-state index contributed by atoms with van der Waals surface area (Å²) in [5, 5.41) is 3.50. The van der Waals surface area contributed by atoms with Gasteiger partial charge in [-0.1, -0.05) is 36.4 Å². The molecule has 0 saturated carbocycles. The first-order chi connectivity index (χ1) is 22.2. The number of hydrogen-bond donors (Lipinski definition) is 1. The van der Waals surface area contributed by atoms with Crippen molar-refractivity contribution in [1.29, 1.82) is 0 Å². The van der Waals surface area contributed by atoms with Crippen molar-refractivity contribution in [2.45, 2.75) is 44.2 Å². The number of anilines is 1. The normalized spacial score (nSPS) is 19.5. The maximum absolute atomic E-state index is 6.60. The Labute approximate surface area is 267 Å². The van der Waals surface area contributed by atoms with Crippen LogP contribution in [0.3, 0.4) is 0 Å². The van der Waals surface area contributed by atoms with Crippen LogP contribution in [0.25, 0.3) is 0 Å². The van der Waals surface area contributed by atoms with Crippen molar-refractivity contribution >= 4 is 5.69 Å². The second kappa shape index (κ2) is 17.4. The minimum absolute atomic E-state index is 0.00381. The van der Waals surface area contributed by atoms with Crippen LogP contribution in [0.4, 0.5) is 5.69 Å². The quantitative estimate of drug-likeness (QED) is 0.205. The number of nitrogens with one attached hydrogen (secondary N) is 1. The lowest BCUT2D eigenvalue weighted by molar-refractivity contribution is -0.0463. The van der Waals surface area contributed by atoms with Gasteiger partial charge in [-0.15, -0.1) is 0 Å². The van der Waals surface area contributed by atoms with E-state index < -0.39 is 0 Å². The van der Waals surface area contributed by atoms with Gasteiger partial charge in [0.05, 0.1) is 58.0 Å². The number of ether oxygens (including phenoxy) is 7. The fourth-order valence-corrected chi connectivity index (χ4v) is 6.07. The van der Waals surface area contributed by atoms with Crippen LogP contribution in [0, 0.1) is 0 Å². The number of piperidine rings is 1. The van der Waals surface area contributed by atoms with Gasteiger partial charge in [-0.25, -0.2) is 0 Å². The van der Waals surface area contributed by atoms with E-state index in [1.165, 1.54) is 5.56 Å². The smallest absolute Gasteiger partial charge is 0.142 e. The molecule has 1 unspecified atom stereocenters. The lowest BCUT2D eigenvalue weighted by Crippen LogP contribution is -2.50. The van der Waals surface area contributed by atoms with Crippen LogP contribution in [-0.4, -0.2) is 86.1 Å². The molecule has 3 aromatic carbocycles. The van der Waals surface area contributed by atoms with E-state index in [9.17, 15) is 0 Å². The summed E-state index contributed by atoms with van der Waals surface area (Å²) in [6.45, 7) is 7.04. The molecular weight excluding hydrogens is 572 g/mol. The van der Waals surface area contributed by atoms with Crippen LogP contribution in [-0.2, 0) is 32.2 Å². The van der Waals surface area contributed by atoms with Gasteiger partial charge in [0.25, 0.3) is 0 Å². The highest BCUT2D eigenvalue weighted by molar-refractivity contribution is 5.61. The summed E-state index contributed by atoms with van der Waals surface area (Å²) in [6.07, 6.45) is 1.74.